The zero-order chi connectivity index (χ0) is 19.8. The monoisotopic (exact) mass is 388 g/mol. The molecule has 5 nitrogen and oxygen atoms in total. The summed E-state index contributed by atoms with van der Waals surface area (Å²) in [5, 5.41) is 5.66. The van der Waals surface area contributed by atoms with E-state index in [-0.39, 0.29) is 5.91 Å². The Kier molecular flexibility index (Phi) is 4.82. The standard InChI is InChI=1S/C24H28N4O/c1-17-14-18(20-10-4-5-11-22(20)26-17)16-27(19-8-2-3-9-19)24(29)21-15-25-28-13-7-6-12-23(21)28/h4-5,10-11,14-15,19H,2-3,6-9,12-13,16H2,1H3. The van der Waals surface area contributed by atoms with E-state index >= 15 is 0 Å². The molecule has 1 aliphatic heterocycles. The lowest BCUT2D eigenvalue weighted by Crippen LogP contribution is -2.39. The number of carbonyl (C=O) groups is 1. The first-order valence-electron chi connectivity index (χ1n) is 10.9. The molecule has 5 rings (SSSR count). The first-order chi connectivity index (χ1) is 14.2. The molecule has 0 radical (unpaired) electrons. The smallest absolute Gasteiger partial charge is 0.257 e. The third kappa shape index (κ3) is 3.43. The Hall–Kier alpha value is -2.69. The van der Waals surface area contributed by atoms with Crippen LogP contribution >= 0.6 is 0 Å². The van der Waals surface area contributed by atoms with Gasteiger partial charge in [0.05, 0.1) is 23.0 Å². The summed E-state index contributed by atoms with van der Waals surface area (Å²) in [5.74, 6) is 0.151. The quantitative estimate of drug-likeness (QED) is 0.653. The highest BCUT2D eigenvalue weighted by Gasteiger charge is 2.31. The van der Waals surface area contributed by atoms with Crippen LogP contribution in [0.1, 0.15) is 65.8 Å². The van der Waals surface area contributed by atoms with Gasteiger partial charge in [-0.1, -0.05) is 31.0 Å². The van der Waals surface area contributed by atoms with Crippen molar-refractivity contribution in [3.05, 3.63) is 59.0 Å². The summed E-state index contributed by atoms with van der Waals surface area (Å²) in [4.78, 5) is 20.5. The highest BCUT2D eigenvalue weighted by atomic mass is 16.2. The van der Waals surface area contributed by atoms with Gasteiger partial charge in [0.15, 0.2) is 0 Å². The molecule has 0 bridgehead atoms. The zero-order valence-corrected chi connectivity index (χ0v) is 17.1. The summed E-state index contributed by atoms with van der Waals surface area (Å²) < 4.78 is 2.04. The number of pyridine rings is 1. The third-order valence-electron chi connectivity index (χ3n) is 6.51. The predicted molar refractivity (Wildman–Crippen MR) is 114 cm³/mol. The van der Waals surface area contributed by atoms with Crippen LogP contribution in [0.3, 0.4) is 0 Å². The van der Waals surface area contributed by atoms with Crippen molar-refractivity contribution in [2.24, 2.45) is 0 Å². The van der Waals surface area contributed by atoms with E-state index in [2.05, 4.69) is 39.2 Å². The number of aromatic nitrogens is 3. The minimum absolute atomic E-state index is 0.151. The van der Waals surface area contributed by atoms with Crippen LogP contribution in [0.4, 0.5) is 0 Å². The molecular weight excluding hydrogens is 360 g/mol. The summed E-state index contributed by atoms with van der Waals surface area (Å²) in [6.07, 6.45) is 9.65. The van der Waals surface area contributed by atoms with Crippen molar-refractivity contribution >= 4 is 16.8 Å². The van der Waals surface area contributed by atoms with Gasteiger partial charge in [0.2, 0.25) is 0 Å². The van der Waals surface area contributed by atoms with E-state index in [1.807, 2.05) is 17.7 Å². The fourth-order valence-electron chi connectivity index (χ4n) is 5.05. The van der Waals surface area contributed by atoms with Crippen LogP contribution in [-0.2, 0) is 19.5 Å². The largest absolute Gasteiger partial charge is 0.331 e. The minimum atomic E-state index is 0.151. The molecule has 1 saturated carbocycles. The van der Waals surface area contributed by atoms with Gasteiger partial charge in [-0.3, -0.25) is 14.5 Å². The molecule has 1 aliphatic carbocycles. The number of rotatable bonds is 4. The first-order valence-corrected chi connectivity index (χ1v) is 10.9. The highest BCUT2D eigenvalue weighted by molar-refractivity contribution is 5.95. The van der Waals surface area contributed by atoms with Gasteiger partial charge in [-0.25, -0.2) is 0 Å². The van der Waals surface area contributed by atoms with Gasteiger partial charge in [-0.2, -0.15) is 5.10 Å². The second-order valence-electron chi connectivity index (χ2n) is 8.50. The number of benzene rings is 1. The lowest BCUT2D eigenvalue weighted by Gasteiger charge is -2.30. The van der Waals surface area contributed by atoms with Crippen molar-refractivity contribution in [1.29, 1.82) is 0 Å². The van der Waals surface area contributed by atoms with Crippen molar-refractivity contribution in [2.45, 2.75) is 71.0 Å². The van der Waals surface area contributed by atoms with E-state index in [1.165, 1.54) is 18.4 Å². The Morgan fingerprint density at radius 1 is 1.17 bits per heavy atom. The molecule has 0 unspecified atom stereocenters. The molecule has 1 amide bonds. The summed E-state index contributed by atoms with van der Waals surface area (Å²) in [6, 6.07) is 10.7. The molecule has 0 N–H and O–H groups in total. The maximum Gasteiger partial charge on any atom is 0.257 e. The number of hydrogen-bond donors (Lipinski definition) is 0. The average molecular weight is 389 g/mol. The van der Waals surface area contributed by atoms with Crippen LogP contribution in [-0.4, -0.2) is 31.6 Å². The molecule has 3 heterocycles. The number of carbonyl (C=O) groups excluding carboxylic acids is 1. The molecule has 0 saturated heterocycles. The molecule has 3 aromatic rings. The molecule has 5 heteroatoms. The topological polar surface area (TPSA) is 51.0 Å². The van der Waals surface area contributed by atoms with Gasteiger partial charge >= 0.3 is 0 Å². The van der Waals surface area contributed by atoms with Crippen molar-refractivity contribution in [2.75, 3.05) is 0 Å². The van der Waals surface area contributed by atoms with Gasteiger partial charge in [0, 0.05) is 30.2 Å². The van der Waals surface area contributed by atoms with Crippen molar-refractivity contribution < 1.29 is 4.79 Å². The molecule has 2 aromatic heterocycles. The highest BCUT2D eigenvalue weighted by Crippen LogP contribution is 2.30. The summed E-state index contributed by atoms with van der Waals surface area (Å²) in [5.41, 5.74) is 5.13. The number of hydrogen-bond acceptors (Lipinski definition) is 3. The van der Waals surface area contributed by atoms with Gasteiger partial charge in [-0.15, -0.1) is 0 Å². The van der Waals surface area contributed by atoms with Crippen LogP contribution in [0.15, 0.2) is 36.5 Å². The molecule has 0 spiro atoms. The lowest BCUT2D eigenvalue weighted by molar-refractivity contribution is 0.0663. The summed E-state index contributed by atoms with van der Waals surface area (Å²) in [6.45, 7) is 3.60. The van der Waals surface area contributed by atoms with Gasteiger partial charge in [-0.05, 0) is 56.7 Å². The molecular formula is C24H28N4O. The third-order valence-corrected chi connectivity index (χ3v) is 6.51. The molecule has 150 valence electrons. The van der Waals surface area contributed by atoms with Gasteiger partial charge in [0.1, 0.15) is 0 Å². The SMILES string of the molecule is Cc1cc(CN(C(=O)c2cnn3c2CCCC3)C2CCCC2)c2ccccc2n1. The molecule has 2 aliphatic rings. The van der Waals surface area contributed by atoms with Crippen molar-refractivity contribution in [3.63, 3.8) is 0 Å². The van der Waals surface area contributed by atoms with Crippen molar-refractivity contribution in [1.82, 2.24) is 19.7 Å². The number of nitrogens with zero attached hydrogens (tertiary/aromatic N) is 4. The Labute approximate surface area is 171 Å². The lowest BCUT2D eigenvalue weighted by atomic mass is 10.0. The van der Waals surface area contributed by atoms with Crippen LogP contribution in [0.25, 0.3) is 10.9 Å². The Bertz CT molecular complexity index is 1050. The number of amides is 1. The summed E-state index contributed by atoms with van der Waals surface area (Å²) >= 11 is 0. The first kappa shape index (κ1) is 18.3. The maximum atomic E-state index is 13.7. The minimum Gasteiger partial charge on any atom is -0.331 e. The van der Waals surface area contributed by atoms with E-state index in [4.69, 9.17) is 0 Å². The van der Waals surface area contributed by atoms with Crippen LogP contribution < -0.4 is 0 Å². The number of fused-ring (bicyclic) bond motifs is 2. The molecule has 1 aromatic carbocycles. The predicted octanol–water partition coefficient (Wildman–Crippen LogP) is 4.66. The van der Waals surface area contributed by atoms with Gasteiger partial charge < -0.3 is 4.90 Å². The normalized spacial score (nSPS) is 16.9. The van der Waals surface area contributed by atoms with Crippen LogP contribution in [0.2, 0.25) is 0 Å². The summed E-state index contributed by atoms with van der Waals surface area (Å²) in [7, 11) is 0. The van der Waals surface area contributed by atoms with E-state index in [9.17, 15) is 4.79 Å². The van der Waals surface area contributed by atoms with Gasteiger partial charge in [0.25, 0.3) is 5.91 Å². The fraction of sp³-hybridized carbons (Fsp3) is 0.458. The molecule has 1 fully saturated rings. The average Bonchev–Trinajstić information content (AvgIpc) is 3.41. The maximum absolute atomic E-state index is 13.7. The molecule has 29 heavy (non-hydrogen) atoms. The number of para-hydroxylation sites is 1. The van der Waals surface area contributed by atoms with Crippen LogP contribution in [0, 0.1) is 6.92 Å². The van der Waals surface area contributed by atoms with E-state index in [0.717, 1.165) is 66.5 Å². The Morgan fingerprint density at radius 2 is 2.00 bits per heavy atom. The van der Waals surface area contributed by atoms with E-state index in [0.29, 0.717) is 12.6 Å². The van der Waals surface area contributed by atoms with E-state index in [1.54, 1.807) is 6.20 Å². The zero-order valence-electron chi connectivity index (χ0n) is 17.1. The molecule has 0 atom stereocenters. The van der Waals surface area contributed by atoms with E-state index < -0.39 is 0 Å². The van der Waals surface area contributed by atoms with Crippen LogP contribution in [0.5, 0.6) is 0 Å². The Morgan fingerprint density at radius 3 is 2.86 bits per heavy atom. The fourth-order valence-corrected chi connectivity index (χ4v) is 5.05. The second kappa shape index (κ2) is 7.62. The second-order valence-corrected chi connectivity index (χ2v) is 8.50. The van der Waals surface area contributed by atoms with Crippen molar-refractivity contribution in [3.8, 4) is 0 Å². The number of aryl methyl sites for hydroxylation is 2. The Balaban J connectivity index is 1.53.